The number of non-ortho nitro benzene ring substituents is 1. The molecule has 1 aromatic heterocycles. The highest BCUT2D eigenvalue weighted by Crippen LogP contribution is 2.38. The van der Waals surface area contributed by atoms with Gasteiger partial charge in [-0.2, -0.15) is 0 Å². The largest absolute Gasteiger partial charge is 0.351 e. The fraction of sp³-hybridized carbons (Fsp3) is 0.185. The van der Waals surface area contributed by atoms with Crippen molar-refractivity contribution in [2.24, 2.45) is 0 Å². The van der Waals surface area contributed by atoms with E-state index in [1.165, 1.54) is 18.2 Å². The van der Waals surface area contributed by atoms with Crippen LogP contribution in [0.15, 0.2) is 84.0 Å². The van der Waals surface area contributed by atoms with Crippen molar-refractivity contribution in [3.8, 4) is 22.5 Å². The molecule has 0 spiro atoms. The summed E-state index contributed by atoms with van der Waals surface area (Å²) in [7, 11) is 0. The lowest BCUT2D eigenvalue weighted by atomic mass is 10.0. The molecular formula is C27H25ClN4O3S. The fourth-order valence-electron chi connectivity index (χ4n) is 3.87. The molecular weight excluding hydrogens is 496 g/mol. The van der Waals surface area contributed by atoms with Crippen molar-refractivity contribution in [1.82, 2.24) is 14.9 Å². The highest BCUT2D eigenvalue weighted by Gasteiger charge is 2.22. The molecule has 1 N–H and O–H groups in total. The molecule has 0 atom stereocenters. The molecule has 0 radical (unpaired) electrons. The van der Waals surface area contributed by atoms with Gasteiger partial charge in [0.2, 0.25) is 0 Å². The van der Waals surface area contributed by atoms with E-state index in [4.69, 9.17) is 16.6 Å². The van der Waals surface area contributed by atoms with Crippen LogP contribution in [0, 0.1) is 10.1 Å². The minimum absolute atomic E-state index is 0.0460. The molecule has 0 bridgehead atoms. The third-order valence-corrected chi connectivity index (χ3v) is 6.78. The average molecular weight is 521 g/mol. The number of carbonyl (C=O) groups excluding carboxylic acids is 1. The SMILES string of the molecule is CC(C)n1c(SCCNC(=O)c2ccc([N+](=O)[O-])cc2Cl)nc(-c2ccccc2)c1-c1ccccc1. The van der Waals surface area contributed by atoms with Crippen molar-refractivity contribution in [2.75, 3.05) is 12.3 Å². The van der Waals surface area contributed by atoms with Crippen LogP contribution in [0.3, 0.4) is 0 Å². The summed E-state index contributed by atoms with van der Waals surface area (Å²) >= 11 is 7.65. The van der Waals surface area contributed by atoms with Gasteiger partial charge in [0.15, 0.2) is 5.16 Å². The number of nitrogens with zero attached hydrogens (tertiary/aromatic N) is 3. The van der Waals surface area contributed by atoms with Crippen molar-refractivity contribution in [2.45, 2.75) is 25.0 Å². The first-order valence-corrected chi connectivity index (χ1v) is 12.8. The molecule has 0 aliphatic heterocycles. The molecule has 3 aromatic carbocycles. The predicted octanol–water partition coefficient (Wildman–Crippen LogP) is 6.88. The first kappa shape index (κ1) is 25.5. The molecule has 0 unspecified atom stereocenters. The molecule has 0 saturated heterocycles. The Bertz CT molecular complexity index is 1370. The average Bonchev–Trinajstić information content (AvgIpc) is 3.27. The number of imidazole rings is 1. The second kappa shape index (κ2) is 11.4. The van der Waals surface area contributed by atoms with Crippen LogP contribution in [0.1, 0.15) is 30.2 Å². The first-order chi connectivity index (χ1) is 17.4. The van der Waals surface area contributed by atoms with E-state index in [9.17, 15) is 14.9 Å². The number of nitro benzene ring substituents is 1. The Balaban J connectivity index is 1.54. The third kappa shape index (κ3) is 5.61. The number of nitro groups is 1. The maximum atomic E-state index is 12.6. The number of nitrogens with one attached hydrogen (secondary N) is 1. The van der Waals surface area contributed by atoms with Crippen LogP contribution in [0.5, 0.6) is 0 Å². The lowest BCUT2D eigenvalue weighted by Crippen LogP contribution is -2.26. The van der Waals surface area contributed by atoms with Gasteiger partial charge in [-0.05, 0) is 19.9 Å². The summed E-state index contributed by atoms with van der Waals surface area (Å²) in [5.41, 5.74) is 4.15. The van der Waals surface area contributed by atoms with Crippen LogP contribution in [0.25, 0.3) is 22.5 Å². The van der Waals surface area contributed by atoms with E-state index in [0.29, 0.717) is 12.3 Å². The van der Waals surface area contributed by atoms with Gasteiger partial charge >= 0.3 is 0 Å². The zero-order valence-electron chi connectivity index (χ0n) is 19.8. The Morgan fingerprint density at radius 3 is 2.28 bits per heavy atom. The zero-order chi connectivity index (χ0) is 25.7. The molecule has 0 fully saturated rings. The molecule has 36 heavy (non-hydrogen) atoms. The van der Waals surface area contributed by atoms with Gasteiger partial charge in [0, 0.05) is 41.6 Å². The van der Waals surface area contributed by atoms with Crippen molar-refractivity contribution in [3.05, 3.63) is 99.6 Å². The summed E-state index contributed by atoms with van der Waals surface area (Å²) in [4.78, 5) is 27.9. The summed E-state index contributed by atoms with van der Waals surface area (Å²) in [6, 6.07) is 24.3. The van der Waals surface area contributed by atoms with Gasteiger partial charge in [-0.1, -0.05) is 84.0 Å². The molecule has 7 nitrogen and oxygen atoms in total. The van der Waals surface area contributed by atoms with E-state index in [0.717, 1.165) is 27.7 Å². The summed E-state index contributed by atoms with van der Waals surface area (Å²) in [6.45, 7) is 4.64. The van der Waals surface area contributed by atoms with E-state index < -0.39 is 4.92 Å². The van der Waals surface area contributed by atoms with E-state index in [1.807, 2.05) is 36.4 Å². The quantitative estimate of drug-likeness (QED) is 0.112. The second-order valence-electron chi connectivity index (χ2n) is 8.31. The monoisotopic (exact) mass is 520 g/mol. The van der Waals surface area contributed by atoms with Crippen LogP contribution < -0.4 is 5.32 Å². The van der Waals surface area contributed by atoms with E-state index >= 15 is 0 Å². The van der Waals surface area contributed by atoms with Crippen LogP contribution in [0.2, 0.25) is 5.02 Å². The molecule has 0 saturated carbocycles. The minimum Gasteiger partial charge on any atom is -0.351 e. The van der Waals surface area contributed by atoms with Gasteiger partial charge in [-0.3, -0.25) is 14.9 Å². The highest BCUT2D eigenvalue weighted by atomic mass is 35.5. The fourth-order valence-corrected chi connectivity index (χ4v) is 5.11. The van der Waals surface area contributed by atoms with Crippen LogP contribution in [0.4, 0.5) is 5.69 Å². The van der Waals surface area contributed by atoms with Crippen molar-refractivity contribution >= 4 is 35.0 Å². The number of hydrogen-bond acceptors (Lipinski definition) is 5. The lowest BCUT2D eigenvalue weighted by Gasteiger charge is -2.16. The van der Waals surface area contributed by atoms with E-state index in [1.54, 1.807) is 11.8 Å². The predicted molar refractivity (Wildman–Crippen MR) is 145 cm³/mol. The Hall–Kier alpha value is -3.62. The number of benzene rings is 3. The summed E-state index contributed by atoms with van der Waals surface area (Å²) in [5, 5.41) is 14.7. The Labute approximate surface area is 218 Å². The molecule has 4 aromatic rings. The number of hydrogen-bond donors (Lipinski definition) is 1. The van der Waals surface area contributed by atoms with Crippen molar-refractivity contribution < 1.29 is 9.72 Å². The van der Waals surface area contributed by atoms with Crippen LogP contribution in [-0.2, 0) is 0 Å². The number of aromatic nitrogens is 2. The van der Waals surface area contributed by atoms with Gasteiger partial charge in [0.1, 0.15) is 0 Å². The maximum absolute atomic E-state index is 12.6. The number of carbonyl (C=O) groups is 1. The van der Waals surface area contributed by atoms with Gasteiger partial charge in [-0.25, -0.2) is 4.98 Å². The Morgan fingerprint density at radius 1 is 1.06 bits per heavy atom. The Kier molecular flexibility index (Phi) is 8.07. The second-order valence-corrected chi connectivity index (χ2v) is 9.78. The Morgan fingerprint density at radius 2 is 1.69 bits per heavy atom. The lowest BCUT2D eigenvalue weighted by molar-refractivity contribution is -0.384. The van der Waals surface area contributed by atoms with Gasteiger partial charge < -0.3 is 9.88 Å². The molecule has 1 amide bonds. The first-order valence-electron chi connectivity index (χ1n) is 11.4. The minimum atomic E-state index is -0.547. The number of thioether (sulfide) groups is 1. The van der Waals surface area contributed by atoms with Crippen LogP contribution >= 0.6 is 23.4 Å². The number of halogens is 1. The van der Waals surface area contributed by atoms with Crippen LogP contribution in [-0.4, -0.2) is 32.7 Å². The number of rotatable bonds is 9. The molecule has 1 heterocycles. The molecule has 9 heteroatoms. The maximum Gasteiger partial charge on any atom is 0.270 e. The third-order valence-electron chi connectivity index (χ3n) is 5.52. The molecule has 0 aliphatic carbocycles. The standard InChI is InChI=1S/C27H25ClN4O3S/c1-18(2)31-25(20-11-7-4-8-12-20)24(19-9-5-3-6-10-19)30-27(31)36-16-15-29-26(33)22-14-13-21(32(34)35)17-23(22)28/h3-14,17-18H,15-16H2,1-2H3,(H,29,33). The molecule has 184 valence electrons. The normalized spacial score (nSPS) is 11.0. The van der Waals surface area contributed by atoms with E-state index in [-0.39, 0.29) is 28.2 Å². The molecule has 0 aliphatic rings. The summed E-state index contributed by atoms with van der Waals surface area (Å²) in [6.07, 6.45) is 0. The van der Waals surface area contributed by atoms with E-state index in [2.05, 4.69) is 48.0 Å². The zero-order valence-corrected chi connectivity index (χ0v) is 21.4. The summed E-state index contributed by atoms with van der Waals surface area (Å²) < 4.78 is 2.23. The topological polar surface area (TPSA) is 90.1 Å². The van der Waals surface area contributed by atoms with Crippen molar-refractivity contribution in [3.63, 3.8) is 0 Å². The van der Waals surface area contributed by atoms with Gasteiger partial charge in [0.25, 0.3) is 11.6 Å². The van der Waals surface area contributed by atoms with Crippen molar-refractivity contribution in [1.29, 1.82) is 0 Å². The van der Waals surface area contributed by atoms with Gasteiger partial charge in [-0.15, -0.1) is 0 Å². The highest BCUT2D eigenvalue weighted by molar-refractivity contribution is 7.99. The summed E-state index contributed by atoms with van der Waals surface area (Å²) in [5.74, 6) is 0.209. The number of amides is 1. The van der Waals surface area contributed by atoms with Gasteiger partial charge in [0.05, 0.1) is 26.9 Å². The molecule has 4 rings (SSSR count). The smallest absolute Gasteiger partial charge is 0.270 e.